The van der Waals surface area contributed by atoms with Gasteiger partial charge in [0.1, 0.15) is 5.76 Å². The summed E-state index contributed by atoms with van der Waals surface area (Å²) in [5.41, 5.74) is 9.70. The van der Waals surface area contributed by atoms with Crippen LogP contribution in [-0.2, 0) is 0 Å². The smallest absolute Gasteiger partial charge is 0.201 e. The van der Waals surface area contributed by atoms with Gasteiger partial charge in [-0.25, -0.2) is 4.98 Å². The highest BCUT2D eigenvalue weighted by Crippen LogP contribution is 2.31. The monoisotopic (exact) mass is 290 g/mol. The van der Waals surface area contributed by atoms with Crippen LogP contribution in [0.5, 0.6) is 0 Å². The highest BCUT2D eigenvalue weighted by atomic mass is 35.5. The molecule has 1 atom stereocenters. The van der Waals surface area contributed by atoms with Crippen molar-refractivity contribution in [1.82, 2.24) is 14.7 Å². The maximum absolute atomic E-state index is 6.07. The SMILES string of the molecule is Cc1noc(C)c1C(C)n1c(N)nc2cc(Cl)ccc21. The standard InChI is InChI=1S/C14H15ClN4O/c1-7-13(9(3)20-18-7)8(2)19-12-5-4-10(15)6-11(12)17-14(19)16/h4-6,8H,1-3H3,(H2,16,17). The average Bonchev–Trinajstić information content (AvgIpc) is 2.88. The fourth-order valence-corrected chi connectivity index (χ4v) is 2.88. The second-order valence-electron chi connectivity index (χ2n) is 4.89. The Hall–Kier alpha value is -2.01. The van der Waals surface area contributed by atoms with E-state index in [2.05, 4.69) is 17.1 Å². The molecule has 0 spiro atoms. The Morgan fingerprint density at radius 2 is 2.10 bits per heavy atom. The second-order valence-corrected chi connectivity index (χ2v) is 5.32. The van der Waals surface area contributed by atoms with E-state index in [9.17, 15) is 0 Å². The molecule has 0 aliphatic heterocycles. The molecule has 2 heterocycles. The lowest BCUT2D eigenvalue weighted by molar-refractivity contribution is 0.391. The molecule has 2 aromatic heterocycles. The fraction of sp³-hybridized carbons (Fsp3) is 0.286. The molecular weight excluding hydrogens is 276 g/mol. The molecule has 0 bridgehead atoms. The van der Waals surface area contributed by atoms with Crippen LogP contribution in [0.1, 0.15) is 30.0 Å². The highest BCUT2D eigenvalue weighted by molar-refractivity contribution is 6.31. The van der Waals surface area contributed by atoms with Crippen LogP contribution in [0.3, 0.4) is 0 Å². The summed E-state index contributed by atoms with van der Waals surface area (Å²) >= 11 is 5.99. The number of nitrogens with two attached hydrogens (primary N) is 1. The molecule has 104 valence electrons. The van der Waals surface area contributed by atoms with E-state index in [0.29, 0.717) is 11.0 Å². The van der Waals surface area contributed by atoms with Crippen molar-refractivity contribution in [2.24, 2.45) is 0 Å². The molecular formula is C14H15ClN4O. The van der Waals surface area contributed by atoms with Crippen LogP contribution in [-0.4, -0.2) is 14.7 Å². The molecule has 1 unspecified atom stereocenters. The summed E-state index contributed by atoms with van der Waals surface area (Å²) in [4.78, 5) is 4.37. The zero-order chi connectivity index (χ0) is 14.4. The number of aromatic nitrogens is 3. The maximum atomic E-state index is 6.07. The number of hydrogen-bond acceptors (Lipinski definition) is 4. The summed E-state index contributed by atoms with van der Waals surface area (Å²) < 4.78 is 7.21. The van der Waals surface area contributed by atoms with Crippen LogP contribution in [0.15, 0.2) is 22.7 Å². The van der Waals surface area contributed by atoms with E-state index in [1.54, 1.807) is 0 Å². The average molecular weight is 291 g/mol. The molecule has 1 aromatic carbocycles. The predicted molar refractivity (Wildman–Crippen MR) is 78.9 cm³/mol. The van der Waals surface area contributed by atoms with Gasteiger partial charge in [0.15, 0.2) is 0 Å². The first kappa shape index (κ1) is 13.0. The Morgan fingerprint density at radius 1 is 1.35 bits per heavy atom. The van der Waals surface area contributed by atoms with Crippen molar-refractivity contribution < 1.29 is 4.52 Å². The number of halogens is 1. The number of imidazole rings is 1. The first-order chi connectivity index (χ1) is 9.49. The van der Waals surface area contributed by atoms with Crippen molar-refractivity contribution in [3.05, 3.63) is 40.2 Å². The van der Waals surface area contributed by atoms with Crippen molar-refractivity contribution in [3.8, 4) is 0 Å². The van der Waals surface area contributed by atoms with Gasteiger partial charge >= 0.3 is 0 Å². The topological polar surface area (TPSA) is 69.9 Å². The van der Waals surface area contributed by atoms with Gasteiger partial charge in [-0.3, -0.25) is 0 Å². The van der Waals surface area contributed by atoms with Crippen molar-refractivity contribution >= 4 is 28.6 Å². The van der Waals surface area contributed by atoms with E-state index in [1.807, 2.05) is 36.6 Å². The molecule has 0 amide bonds. The Bertz CT molecular complexity index is 770. The molecule has 0 aliphatic rings. The number of nitrogens with zero attached hydrogens (tertiary/aromatic N) is 3. The van der Waals surface area contributed by atoms with Crippen molar-refractivity contribution in [1.29, 1.82) is 0 Å². The third-order valence-corrected chi connectivity index (χ3v) is 3.81. The molecule has 20 heavy (non-hydrogen) atoms. The molecule has 0 saturated heterocycles. The van der Waals surface area contributed by atoms with Crippen LogP contribution in [0.25, 0.3) is 11.0 Å². The number of benzene rings is 1. The van der Waals surface area contributed by atoms with E-state index in [1.165, 1.54) is 0 Å². The minimum absolute atomic E-state index is 0.00701. The van der Waals surface area contributed by atoms with Gasteiger partial charge in [0, 0.05) is 10.6 Å². The first-order valence-electron chi connectivity index (χ1n) is 6.34. The summed E-state index contributed by atoms with van der Waals surface area (Å²) in [6.45, 7) is 5.88. The summed E-state index contributed by atoms with van der Waals surface area (Å²) in [7, 11) is 0. The summed E-state index contributed by atoms with van der Waals surface area (Å²) in [5, 5.41) is 4.65. The van der Waals surface area contributed by atoms with E-state index >= 15 is 0 Å². The van der Waals surface area contributed by atoms with Gasteiger partial charge in [-0.1, -0.05) is 16.8 Å². The molecule has 3 rings (SSSR count). The van der Waals surface area contributed by atoms with E-state index in [-0.39, 0.29) is 6.04 Å². The third-order valence-electron chi connectivity index (χ3n) is 3.57. The Kier molecular flexibility index (Phi) is 2.94. The van der Waals surface area contributed by atoms with Gasteiger partial charge in [0.25, 0.3) is 0 Å². The van der Waals surface area contributed by atoms with E-state index in [4.69, 9.17) is 21.9 Å². The van der Waals surface area contributed by atoms with Crippen molar-refractivity contribution in [3.63, 3.8) is 0 Å². The lowest BCUT2D eigenvalue weighted by atomic mass is 10.1. The fourth-order valence-electron chi connectivity index (χ4n) is 2.71. The number of aryl methyl sites for hydroxylation is 2. The Morgan fingerprint density at radius 3 is 2.75 bits per heavy atom. The zero-order valence-electron chi connectivity index (χ0n) is 11.5. The number of anilines is 1. The molecule has 3 aromatic rings. The van der Waals surface area contributed by atoms with Crippen LogP contribution in [0.2, 0.25) is 5.02 Å². The molecule has 0 radical (unpaired) electrons. The molecule has 0 saturated carbocycles. The van der Waals surface area contributed by atoms with Gasteiger partial charge in [-0.05, 0) is 39.0 Å². The van der Waals surface area contributed by atoms with Crippen LogP contribution >= 0.6 is 11.6 Å². The largest absolute Gasteiger partial charge is 0.369 e. The van der Waals surface area contributed by atoms with Crippen LogP contribution in [0, 0.1) is 13.8 Å². The van der Waals surface area contributed by atoms with Crippen molar-refractivity contribution in [2.45, 2.75) is 26.8 Å². The molecule has 0 fully saturated rings. The minimum Gasteiger partial charge on any atom is -0.369 e. The molecule has 6 heteroatoms. The van der Waals surface area contributed by atoms with Gasteiger partial charge in [-0.15, -0.1) is 0 Å². The van der Waals surface area contributed by atoms with Gasteiger partial charge in [0.2, 0.25) is 5.95 Å². The summed E-state index contributed by atoms with van der Waals surface area (Å²) in [5.74, 6) is 1.25. The number of hydrogen-bond donors (Lipinski definition) is 1. The quantitative estimate of drug-likeness (QED) is 0.784. The van der Waals surface area contributed by atoms with Gasteiger partial charge < -0.3 is 14.8 Å². The van der Waals surface area contributed by atoms with Gasteiger partial charge in [0.05, 0.1) is 22.8 Å². The Labute approximate surface area is 121 Å². The minimum atomic E-state index is -0.00701. The number of nitrogen functional groups attached to an aromatic ring is 1. The predicted octanol–water partition coefficient (Wildman–Crippen LogP) is 3.49. The normalized spacial score (nSPS) is 13.0. The Balaban J connectivity index is 2.22. The highest BCUT2D eigenvalue weighted by Gasteiger charge is 2.21. The second kappa shape index (κ2) is 4.52. The third kappa shape index (κ3) is 1.86. The van der Waals surface area contributed by atoms with E-state index in [0.717, 1.165) is 28.1 Å². The van der Waals surface area contributed by atoms with E-state index < -0.39 is 0 Å². The maximum Gasteiger partial charge on any atom is 0.201 e. The van der Waals surface area contributed by atoms with Crippen molar-refractivity contribution in [2.75, 3.05) is 5.73 Å². The van der Waals surface area contributed by atoms with Crippen LogP contribution < -0.4 is 5.73 Å². The number of fused-ring (bicyclic) bond motifs is 1. The molecule has 2 N–H and O–H groups in total. The summed E-state index contributed by atoms with van der Waals surface area (Å²) in [6.07, 6.45) is 0. The van der Waals surface area contributed by atoms with Crippen LogP contribution in [0.4, 0.5) is 5.95 Å². The zero-order valence-corrected chi connectivity index (χ0v) is 12.3. The molecule has 0 aliphatic carbocycles. The lowest BCUT2D eigenvalue weighted by Gasteiger charge is -2.15. The first-order valence-corrected chi connectivity index (χ1v) is 6.72. The van der Waals surface area contributed by atoms with Gasteiger partial charge in [-0.2, -0.15) is 0 Å². The summed E-state index contributed by atoms with van der Waals surface area (Å²) in [6, 6.07) is 5.56. The number of rotatable bonds is 2. The lowest BCUT2D eigenvalue weighted by Crippen LogP contribution is -2.11. The molecule has 5 nitrogen and oxygen atoms in total.